The van der Waals surface area contributed by atoms with Crippen molar-refractivity contribution < 1.29 is 29.0 Å². The van der Waals surface area contributed by atoms with Gasteiger partial charge in [-0.25, -0.2) is 4.79 Å². The quantitative estimate of drug-likeness (QED) is 0.353. The average Bonchev–Trinajstić information content (AvgIpc) is 3.18. The van der Waals surface area contributed by atoms with E-state index in [0.29, 0.717) is 44.3 Å². The Hall–Kier alpha value is -4.27. The number of aromatic hydroxyl groups is 1. The summed E-state index contributed by atoms with van der Waals surface area (Å²) in [7, 11) is 1.52. The minimum atomic E-state index is -1.46. The van der Waals surface area contributed by atoms with Gasteiger partial charge in [0.1, 0.15) is 17.1 Å². The van der Waals surface area contributed by atoms with Crippen molar-refractivity contribution in [3.63, 3.8) is 0 Å². The Kier molecular flexibility index (Phi) is 6.02. The number of aromatic nitrogens is 1. The lowest BCUT2D eigenvalue weighted by molar-refractivity contribution is -0.308. The number of hydrogen-bond donors (Lipinski definition) is 3. The van der Waals surface area contributed by atoms with Crippen LogP contribution in [0, 0.1) is 13.8 Å². The first-order chi connectivity index (χ1) is 16.2. The Bertz CT molecular complexity index is 1480. The SMILES string of the molecule is COc1ccc2c(C)c(CC(=O)N[C@H](Cc3c[nH]c4ccc(O)cc34)C(=O)[O-])c(=O)oc2c1C. The topological polar surface area (TPSA) is 145 Å². The summed E-state index contributed by atoms with van der Waals surface area (Å²) in [4.78, 5) is 40.1. The maximum absolute atomic E-state index is 12.7. The number of benzene rings is 2. The second kappa shape index (κ2) is 8.93. The van der Waals surface area contributed by atoms with E-state index < -0.39 is 23.5 Å². The van der Waals surface area contributed by atoms with Crippen LogP contribution in [0.25, 0.3) is 21.9 Å². The molecule has 0 aliphatic carbocycles. The second-order valence-corrected chi connectivity index (χ2v) is 8.13. The Labute approximate surface area is 194 Å². The molecule has 1 amide bonds. The molecule has 1 atom stereocenters. The summed E-state index contributed by atoms with van der Waals surface area (Å²) in [6.45, 7) is 3.48. The van der Waals surface area contributed by atoms with Gasteiger partial charge in [-0.2, -0.15) is 0 Å². The second-order valence-electron chi connectivity index (χ2n) is 8.13. The molecular weight excluding hydrogens is 440 g/mol. The standard InChI is InChI=1S/C25H24N2O7/c1-12-16-5-7-21(33-3)13(2)23(16)34-25(32)17(12)10-22(29)27-20(24(30)31)8-14-11-26-19-6-4-15(28)9-18(14)19/h4-7,9,11,20,26,28H,8,10H2,1-3H3,(H,27,29)(H,30,31)/p-1/t20-/m1/s1. The number of rotatable bonds is 7. The molecule has 0 aliphatic rings. The third kappa shape index (κ3) is 4.19. The lowest BCUT2D eigenvalue weighted by Gasteiger charge is -2.20. The summed E-state index contributed by atoms with van der Waals surface area (Å²) in [5.41, 5.74) is 2.39. The number of carbonyl (C=O) groups excluding carboxylic acids is 2. The van der Waals surface area contributed by atoms with Gasteiger partial charge in [-0.05, 0) is 55.3 Å². The van der Waals surface area contributed by atoms with Gasteiger partial charge in [-0.3, -0.25) is 4.79 Å². The summed E-state index contributed by atoms with van der Waals surface area (Å²) >= 11 is 0. The van der Waals surface area contributed by atoms with Gasteiger partial charge in [0.2, 0.25) is 5.91 Å². The fourth-order valence-electron chi connectivity index (χ4n) is 4.15. The Balaban J connectivity index is 1.58. The summed E-state index contributed by atoms with van der Waals surface area (Å²) in [5.74, 6) is -1.51. The lowest BCUT2D eigenvalue weighted by Crippen LogP contribution is -2.49. The van der Waals surface area contributed by atoms with E-state index in [-0.39, 0.29) is 24.2 Å². The number of hydrogen-bond acceptors (Lipinski definition) is 7. The number of methoxy groups -OCH3 is 1. The molecule has 9 heteroatoms. The fourth-order valence-corrected chi connectivity index (χ4v) is 4.15. The van der Waals surface area contributed by atoms with Gasteiger partial charge in [0.05, 0.1) is 31.1 Å². The van der Waals surface area contributed by atoms with E-state index >= 15 is 0 Å². The zero-order valence-corrected chi connectivity index (χ0v) is 18.9. The number of aryl methyl sites for hydroxylation is 2. The van der Waals surface area contributed by atoms with Gasteiger partial charge in [-0.1, -0.05) is 0 Å². The predicted molar refractivity (Wildman–Crippen MR) is 123 cm³/mol. The molecule has 0 aliphatic heterocycles. The molecule has 0 saturated heterocycles. The maximum Gasteiger partial charge on any atom is 0.340 e. The van der Waals surface area contributed by atoms with E-state index in [1.165, 1.54) is 19.2 Å². The highest BCUT2D eigenvalue weighted by molar-refractivity contribution is 5.89. The van der Waals surface area contributed by atoms with Gasteiger partial charge in [0, 0.05) is 34.5 Å². The number of H-pyrrole nitrogens is 1. The van der Waals surface area contributed by atoms with E-state index in [1.54, 1.807) is 38.2 Å². The molecule has 4 aromatic rings. The van der Waals surface area contributed by atoms with Gasteiger partial charge in [0.25, 0.3) is 0 Å². The third-order valence-corrected chi connectivity index (χ3v) is 6.01. The van der Waals surface area contributed by atoms with Crippen LogP contribution in [0.15, 0.2) is 45.7 Å². The van der Waals surface area contributed by atoms with E-state index in [2.05, 4.69) is 10.3 Å². The number of phenolic OH excluding ortho intramolecular Hbond substituents is 1. The molecule has 0 spiro atoms. The summed E-state index contributed by atoms with van der Waals surface area (Å²) in [6.07, 6.45) is 1.19. The normalized spacial score (nSPS) is 12.1. The summed E-state index contributed by atoms with van der Waals surface area (Å²) in [6, 6.07) is 6.84. The minimum Gasteiger partial charge on any atom is -0.548 e. The number of ether oxygens (including phenoxy) is 1. The first-order valence-corrected chi connectivity index (χ1v) is 10.6. The molecule has 34 heavy (non-hydrogen) atoms. The zero-order valence-electron chi connectivity index (χ0n) is 18.9. The Morgan fingerprint density at radius 1 is 1.18 bits per heavy atom. The van der Waals surface area contributed by atoms with Crippen LogP contribution < -0.4 is 20.8 Å². The zero-order chi connectivity index (χ0) is 24.6. The van der Waals surface area contributed by atoms with Crippen molar-refractivity contribution in [1.82, 2.24) is 10.3 Å². The number of fused-ring (bicyclic) bond motifs is 2. The van der Waals surface area contributed by atoms with E-state index in [0.717, 1.165) is 0 Å². The van der Waals surface area contributed by atoms with Crippen molar-refractivity contribution in [3.8, 4) is 11.5 Å². The van der Waals surface area contributed by atoms with Crippen LogP contribution in [-0.2, 0) is 22.4 Å². The first kappa shape index (κ1) is 22.9. The number of amides is 1. The molecule has 2 heterocycles. The minimum absolute atomic E-state index is 0.0359. The highest BCUT2D eigenvalue weighted by atomic mass is 16.5. The van der Waals surface area contributed by atoms with Crippen molar-refractivity contribution in [3.05, 3.63) is 69.2 Å². The number of aliphatic carboxylic acids is 1. The number of carboxylic acid groups (broad SMARTS) is 1. The maximum atomic E-state index is 12.7. The number of carbonyl (C=O) groups is 2. The van der Waals surface area contributed by atoms with Gasteiger partial charge in [-0.15, -0.1) is 0 Å². The molecule has 176 valence electrons. The molecule has 2 aromatic heterocycles. The summed E-state index contributed by atoms with van der Waals surface area (Å²) < 4.78 is 10.7. The Morgan fingerprint density at radius 2 is 1.94 bits per heavy atom. The van der Waals surface area contributed by atoms with Gasteiger partial charge >= 0.3 is 5.63 Å². The smallest absolute Gasteiger partial charge is 0.340 e. The molecule has 4 rings (SSSR count). The highest BCUT2D eigenvalue weighted by Gasteiger charge is 2.21. The fraction of sp³-hybridized carbons (Fsp3) is 0.240. The lowest BCUT2D eigenvalue weighted by atomic mass is 10.0. The van der Waals surface area contributed by atoms with Crippen molar-refractivity contribution >= 4 is 33.7 Å². The number of carboxylic acids is 1. The first-order valence-electron chi connectivity index (χ1n) is 10.6. The molecule has 3 N–H and O–H groups in total. The van der Waals surface area contributed by atoms with E-state index in [1.807, 2.05) is 0 Å². The van der Waals surface area contributed by atoms with Gasteiger partial charge in [0.15, 0.2) is 0 Å². The highest BCUT2D eigenvalue weighted by Crippen LogP contribution is 2.29. The number of phenols is 1. The third-order valence-electron chi connectivity index (χ3n) is 6.01. The van der Waals surface area contributed by atoms with Crippen LogP contribution in [0.1, 0.15) is 22.3 Å². The van der Waals surface area contributed by atoms with Crippen LogP contribution in [0.2, 0.25) is 0 Å². The molecule has 9 nitrogen and oxygen atoms in total. The van der Waals surface area contributed by atoms with Gasteiger partial charge < -0.3 is 34.5 Å². The molecule has 2 aromatic carbocycles. The molecule has 0 radical (unpaired) electrons. The van der Waals surface area contributed by atoms with Crippen LogP contribution in [0.5, 0.6) is 11.5 Å². The average molecular weight is 463 g/mol. The molecular formula is C25H23N2O7-. The van der Waals surface area contributed by atoms with Crippen molar-refractivity contribution in [1.29, 1.82) is 0 Å². The summed E-state index contributed by atoms with van der Waals surface area (Å²) in [5, 5.41) is 25.2. The van der Waals surface area contributed by atoms with Crippen molar-refractivity contribution in [2.24, 2.45) is 0 Å². The van der Waals surface area contributed by atoms with Crippen LogP contribution in [-0.4, -0.2) is 35.1 Å². The number of aromatic amines is 1. The largest absolute Gasteiger partial charge is 0.548 e. The monoisotopic (exact) mass is 463 g/mol. The molecule has 0 unspecified atom stereocenters. The molecule has 0 bridgehead atoms. The predicted octanol–water partition coefficient (Wildman–Crippen LogP) is 1.63. The molecule has 0 saturated carbocycles. The van der Waals surface area contributed by atoms with Crippen molar-refractivity contribution in [2.45, 2.75) is 32.7 Å². The number of nitrogens with one attached hydrogen (secondary N) is 2. The van der Waals surface area contributed by atoms with Crippen LogP contribution in [0.4, 0.5) is 0 Å². The molecule has 0 fully saturated rings. The van der Waals surface area contributed by atoms with E-state index in [4.69, 9.17) is 9.15 Å². The van der Waals surface area contributed by atoms with Crippen LogP contribution in [0.3, 0.4) is 0 Å². The van der Waals surface area contributed by atoms with Crippen molar-refractivity contribution in [2.75, 3.05) is 7.11 Å². The van der Waals surface area contributed by atoms with Crippen LogP contribution >= 0.6 is 0 Å². The Morgan fingerprint density at radius 3 is 2.65 bits per heavy atom. The van der Waals surface area contributed by atoms with E-state index in [9.17, 15) is 24.6 Å².